The zero-order valence-corrected chi connectivity index (χ0v) is 49.5. The third-order valence-electron chi connectivity index (χ3n) is 10.7. The molecular formula is C53H104N6O21. The first kappa shape index (κ1) is 78.3. The maximum atomic E-state index is 12.1. The second-order valence-electron chi connectivity index (χ2n) is 17.6. The number of hydrogen-bond donors (Lipinski definition) is 6. The van der Waals surface area contributed by atoms with Gasteiger partial charge in [0, 0.05) is 128 Å². The average Bonchev–Trinajstić information content (AvgIpc) is 3.44. The van der Waals surface area contributed by atoms with Crippen LogP contribution in [0.25, 0.3) is 0 Å². The Morgan fingerprint density at radius 2 is 0.525 bits per heavy atom. The summed E-state index contributed by atoms with van der Waals surface area (Å²) in [7, 11) is 11.3. The third-order valence-corrected chi connectivity index (χ3v) is 10.7. The molecule has 3 atom stereocenters. The van der Waals surface area contributed by atoms with Crippen molar-refractivity contribution in [1.82, 2.24) is 31.9 Å². The highest BCUT2D eigenvalue weighted by Gasteiger charge is 2.14. The lowest BCUT2D eigenvalue weighted by atomic mass is 10.2. The Kier molecular flexibility index (Phi) is 61.5. The molecule has 0 heterocycles. The van der Waals surface area contributed by atoms with Crippen molar-refractivity contribution in [2.45, 2.75) is 95.4 Å². The maximum Gasteiger partial charge on any atom is 0.221 e. The lowest BCUT2D eigenvalue weighted by Gasteiger charge is -2.18. The molecule has 0 spiro atoms. The van der Waals surface area contributed by atoms with Crippen LogP contribution in [-0.2, 0) is 99.8 Å². The van der Waals surface area contributed by atoms with Crippen LogP contribution in [0.1, 0.15) is 77.0 Å². The number of ether oxygens (including phenoxy) is 15. The zero-order valence-electron chi connectivity index (χ0n) is 49.5. The molecule has 0 aliphatic carbocycles. The molecule has 0 aromatic heterocycles. The van der Waals surface area contributed by atoms with E-state index in [4.69, 9.17) is 71.1 Å². The molecule has 0 saturated carbocycles. The summed E-state index contributed by atoms with van der Waals surface area (Å²) in [5.74, 6) is -0.940. The van der Waals surface area contributed by atoms with Crippen molar-refractivity contribution in [3.8, 4) is 0 Å². The van der Waals surface area contributed by atoms with Crippen LogP contribution >= 0.6 is 0 Å². The molecule has 472 valence electrons. The Balaban J connectivity index is 0. The van der Waals surface area contributed by atoms with E-state index in [1.807, 2.05) is 0 Å². The van der Waals surface area contributed by atoms with Crippen LogP contribution in [0.4, 0.5) is 0 Å². The molecule has 0 fully saturated rings. The first-order valence-electron chi connectivity index (χ1n) is 27.8. The van der Waals surface area contributed by atoms with Crippen molar-refractivity contribution < 1.29 is 99.8 Å². The van der Waals surface area contributed by atoms with Gasteiger partial charge in [-0.2, -0.15) is 0 Å². The third kappa shape index (κ3) is 58.9. The number of nitrogens with one attached hydrogen (secondary N) is 6. The van der Waals surface area contributed by atoms with Crippen LogP contribution < -0.4 is 31.9 Å². The second-order valence-corrected chi connectivity index (χ2v) is 17.6. The summed E-state index contributed by atoms with van der Waals surface area (Å²) in [5.41, 5.74) is 0. The molecule has 0 bridgehead atoms. The molecule has 27 nitrogen and oxygen atoms in total. The lowest BCUT2D eigenvalue weighted by Crippen LogP contribution is -2.37. The minimum atomic E-state index is -0.270. The normalized spacial score (nSPS) is 12.2. The molecule has 0 aromatic carbocycles. The van der Waals surface area contributed by atoms with Gasteiger partial charge in [-0.3, -0.25) is 28.8 Å². The number of hydrogen-bond acceptors (Lipinski definition) is 21. The van der Waals surface area contributed by atoms with Crippen LogP contribution in [0.3, 0.4) is 0 Å². The molecule has 6 amide bonds. The number of rotatable bonds is 59. The van der Waals surface area contributed by atoms with E-state index in [0.29, 0.717) is 210 Å². The second kappa shape index (κ2) is 62.8. The summed E-state index contributed by atoms with van der Waals surface area (Å²) in [6.07, 6.45) is 4.07. The van der Waals surface area contributed by atoms with Gasteiger partial charge in [0.15, 0.2) is 0 Å². The highest BCUT2D eigenvalue weighted by atomic mass is 16.6. The number of amides is 6. The number of methoxy groups -OCH3 is 6. The Labute approximate surface area is 476 Å². The van der Waals surface area contributed by atoms with Gasteiger partial charge in [-0.25, -0.2) is 0 Å². The van der Waals surface area contributed by atoms with Gasteiger partial charge in [0.05, 0.1) is 126 Å². The van der Waals surface area contributed by atoms with Gasteiger partial charge in [-0.15, -0.1) is 0 Å². The maximum absolute atomic E-state index is 12.1. The summed E-state index contributed by atoms with van der Waals surface area (Å²) in [5, 5.41) is 16.2. The van der Waals surface area contributed by atoms with E-state index in [1.54, 1.807) is 49.7 Å². The van der Waals surface area contributed by atoms with Crippen LogP contribution in [0.15, 0.2) is 0 Å². The fraction of sp³-hybridized carbons (Fsp3) is 0.887. The highest BCUT2D eigenvalue weighted by molar-refractivity contribution is 5.81. The summed E-state index contributed by atoms with van der Waals surface area (Å²) >= 11 is 0. The highest BCUT2D eigenvalue weighted by Crippen LogP contribution is 2.02. The van der Waals surface area contributed by atoms with Crippen molar-refractivity contribution >= 4 is 35.4 Å². The van der Waals surface area contributed by atoms with Crippen molar-refractivity contribution in [1.29, 1.82) is 0 Å². The van der Waals surface area contributed by atoms with E-state index in [2.05, 4.69) is 31.9 Å². The Hall–Kier alpha value is -3.78. The SMILES string of the molecule is CNC(=O)CCCC(=O)NCCCOCC(COCCOC)OCCOC.COCCOCC(COCCCNC(=O)CCCC(=O)NCNC(=O)CCCC(=O)NCCCOCC(COCCOC)OCCOC)OCCOC. The standard InChI is InChI=1S/C35H68N4O14.C18H36N2O7/c1-44-17-21-50-27-30(52-23-19-46-3)25-48-15-7-13-36-32(40)9-5-11-34(42)38-29-39-35(43)12-6-10-33(41)37-14-8-16-49-26-31(53-24-20-47-4)28-51-22-18-45-2;1-19-17(21)6-4-7-18(22)20-8-5-9-25-14-16(27-13-11-24-3)15-26-12-10-23-2/h30-31H,5-29H2,1-4H3,(H,36,40)(H,37,41)(H,38,42)(H,39,43);16H,4-15H2,1-3H3,(H,19,21)(H,20,22). The fourth-order valence-corrected chi connectivity index (χ4v) is 6.29. The summed E-state index contributed by atoms with van der Waals surface area (Å²) in [6.45, 7) is 10.9. The van der Waals surface area contributed by atoms with Crippen LogP contribution in [-0.4, -0.2) is 269 Å². The van der Waals surface area contributed by atoms with E-state index in [1.165, 1.54) is 0 Å². The fourth-order valence-electron chi connectivity index (χ4n) is 6.29. The lowest BCUT2D eigenvalue weighted by molar-refractivity contribution is -0.124. The first-order chi connectivity index (χ1) is 39.0. The minimum absolute atomic E-state index is 0.0226. The van der Waals surface area contributed by atoms with E-state index in [-0.39, 0.29) is 86.1 Å². The summed E-state index contributed by atoms with van der Waals surface area (Å²) < 4.78 is 80.4. The average molecular weight is 1160 g/mol. The van der Waals surface area contributed by atoms with Crippen molar-refractivity contribution in [3.05, 3.63) is 0 Å². The van der Waals surface area contributed by atoms with Crippen LogP contribution in [0.5, 0.6) is 0 Å². The molecule has 0 aliphatic heterocycles. The molecule has 6 N–H and O–H groups in total. The molecule has 0 aliphatic rings. The molecule has 27 heteroatoms. The van der Waals surface area contributed by atoms with Crippen LogP contribution in [0.2, 0.25) is 0 Å². The molecule has 0 radical (unpaired) electrons. The molecule has 80 heavy (non-hydrogen) atoms. The smallest absolute Gasteiger partial charge is 0.221 e. The van der Waals surface area contributed by atoms with E-state index in [0.717, 1.165) is 0 Å². The van der Waals surface area contributed by atoms with E-state index < -0.39 is 0 Å². The molecule has 3 unspecified atom stereocenters. The summed E-state index contributed by atoms with van der Waals surface area (Å²) in [6, 6.07) is 0. The predicted molar refractivity (Wildman–Crippen MR) is 295 cm³/mol. The van der Waals surface area contributed by atoms with Gasteiger partial charge in [0.25, 0.3) is 0 Å². The van der Waals surface area contributed by atoms with E-state index in [9.17, 15) is 28.8 Å². The van der Waals surface area contributed by atoms with Gasteiger partial charge in [0.2, 0.25) is 35.4 Å². The Morgan fingerprint density at radius 1 is 0.287 bits per heavy atom. The van der Waals surface area contributed by atoms with E-state index >= 15 is 0 Å². The Morgan fingerprint density at radius 3 is 0.787 bits per heavy atom. The van der Waals surface area contributed by atoms with Crippen molar-refractivity contribution in [2.24, 2.45) is 0 Å². The van der Waals surface area contributed by atoms with Gasteiger partial charge in [-0.05, 0) is 38.5 Å². The monoisotopic (exact) mass is 1160 g/mol. The first-order valence-corrected chi connectivity index (χ1v) is 27.8. The minimum Gasteiger partial charge on any atom is -0.382 e. The van der Waals surface area contributed by atoms with Gasteiger partial charge in [0.1, 0.15) is 18.3 Å². The van der Waals surface area contributed by atoms with Crippen molar-refractivity contribution in [2.75, 3.05) is 215 Å². The molecular weight excluding hydrogens is 1060 g/mol. The largest absolute Gasteiger partial charge is 0.382 e. The van der Waals surface area contributed by atoms with Crippen molar-refractivity contribution in [3.63, 3.8) is 0 Å². The molecule has 0 rings (SSSR count). The molecule has 0 saturated heterocycles. The summed E-state index contributed by atoms with van der Waals surface area (Å²) in [4.78, 5) is 71.0. The number of carbonyl (C=O) groups is 6. The molecule has 0 aromatic rings. The van der Waals surface area contributed by atoms with Gasteiger partial charge >= 0.3 is 0 Å². The van der Waals surface area contributed by atoms with Gasteiger partial charge < -0.3 is 103 Å². The topological polar surface area (TPSA) is 313 Å². The van der Waals surface area contributed by atoms with Crippen LogP contribution in [0, 0.1) is 0 Å². The Bertz CT molecular complexity index is 1380. The zero-order chi connectivity index (χ0) is 59.2. The quantitative estimate of drug-likeness (QED) is 0.0347. The predicted octanol–water partition coefficient (Wildman–Crippen LogP) is 0.0721. The number of carbonyl (C=O) groups excluding carboxylic acids is 6. The van der Waals surface area contributed by atoms with Gasteiger partial charge in [-0.1, -0.05) is 0 Å².